The Morgan fingerprint density at radius 3 is 2.41 bits per heavy atom. The summed E-state index contributed by atoms with van der Waals surface area (Å²) in [5.41, 5.74) is 3.41. The summed E-state index contributed by atoms with van der Waals surface area (Å²) in [6.07, 6.45) is 0. The van der Waals surface area contributed by atoms with Crippen LogP contribution in [0.15, 0.2) is 76.4 Å². The zero-order valence-corrected chi connectivity index (χ0v) is 19.7. The van der Waals surface area contributed by atoms with Crippen LogP contribution in [-0.4, -0.2) is 29.5 Å². The summed E-state index contributed by atoms with van der Waals surface area (Å²) in [7, 11) is -3.95. The van der Waals surface area contributed by atoms with Crippen molar-refractivity contribution in [2.24, 2.45) is 5.14 Å². The molecule has 2 heterocycles. The number of carbonyl (C=O) groups is 1. The lowest BCUT2D eigenvalue weighted by Crippen LogP contribution is -2.30. The van der Waals surface area contributed by atoms with Crippen LogP contribution >= 0.6 is 11.3 Å². The minimum absolute atomic E-state index is 0.0514. The second kappa shape index (κ2) is 9.26. The maximum absolute atomic E-state index is 13.4. The maximum atomic E-state index is 13.4. The second-order valence-corrected chi connectivity index (χ2v) is 9.92. The van der Waals surface area contributed by atoms with Crippen LogP contribution in [0.3, 0.4) is 0 Å². The van der Waals surface area contributed by atoms with Gasteiger partial charge in [-0.05, 0) is 65.2 Å². The predicted octanol–water partition coefficient (Wildman–Crippen LogP) is 4.02. The van der Waals surface area contributed by atoms with Crippen molar-refractivity contribution in [1.82, 2.24) is 4.98 Å². The summed E-state index contributed by atoms with van der Waals surface area (Å²) in [5.74, 6) is -0.911. The molecule has 34 heavy (non-hydrogen) atoms. The molecule has 4 aromatic rings. The van der Waals surface area contributed by atoms with E-state index in [9.17, 15) is 23.4 Å². The molecule has 1 amide bonds. The number of sulfonamides is 1. The van der Waals surface area contributed by atoms with Crippen molar-refractivity contribution in [3.8, 4) is 22.8 Å². The molecule has 0 atom stereocenters. The maximum Gasteiger partial charge on any atom is 0.262 e. The number of amides is 1. The second-order valence-electron chi connectivity index (χ2n) is 7.63. The number of thiophene rings is 1. The van der Waals surface area contributed by atoms with Crippen molar-refractivity contribution in [2.75, 3.05) is 4.90 Å². The molecule has 2 aromatic heterocycles. The summed E-state index contributed by atoms with van der Waals surface area (Å²) < 4.78 is 23.4. The molecular weight excluding hydrogens is 474 g/mol. The van der Waals surface area contributed by atoms with Gasteiger partial charge in [0.2, 0.25) is 0 Å². The van der Waals surface area contributed by atoms with Gasteiger partial charge in [-0.2, -0.15) is 11.3 Å². The topological polar surface area (TPSA) is 134 Å². The van der Waals surface area contributed by atoms with E-state index in [0.29, 0.717) is 16.9 Å². The van der Waals surface area contributed by atoms with Crippen molar-refractivity contribution in [2.45, 2.75) is 18.5 Å². The lowest BCUT2D eigenvalue weighted by atomic mass is 10.1. The number of anilines is 1. The summed E-state index contributed by atoms with van der Waals surface area (Å²) in [6, 6.07) is 15.6. The highest BCUT2D eigenvalue weighted by atomic mass is 32.2. The van der Waals surface area contributed by atoms with Gasteiger partial charge in [0.1, 0.15) is 11.5 Å². The molecule has 0 radical (unpaired) electrons. The third-order valence-corrected chi connectivity index (χ3v) is 6.74. The summed E-state index contributed by atoms with van der Waals surface area (Å²) >= 11 is 1.51. The Hall–Kier alpha value is -3.73. The number of hydrogen-bond acceptors (Lipinski definition) is 7. The highest BCUT2D eigenvalue weighted by Gasteiger charge is 2.22. The monoisotopic (exact) mass is 495 g/mol. The molecule has 0 fully saturated rings. The first-order chi connectivity index (χ1) is 16.1. The number of nitrogens with two attached hydrogens (primary N) is 1. The average molecular weight is 496 g/mol. The fourth-order valence-electron chi connectivity index (χ4n) is 3.45. The minimum Gasteiger partial charge on any atom is -0.508 e. The van der Waals surface area contributed by atoms with Crippen LogP contribution in [0.2, 0.25) is 0 Å². The number of aryl methyl sites for hydroxylation is 1. The Bertz CT molecular complexity index is 1450. The van der Waals surface area contributed by atoms with Gasteiger partial charge in [-0.15, -0.1) is 0 Å². The standard InChI is InChI=1S/C24H21N3O5S2/c1-15-2-9-22(34(25,31)32)26-23(15)17-3-5-18(6-4-17)27(13-16-10-11-33-14-16)24(30)20-8-7-19(28)12-21(20)29/h2-12,14,28-29H,13H2,1H3,(H2,25,31,32). The normalized spacial score (nSPS) is 11.4. The first-order valence-corrected chi connectivity index (χ1v) is 12.6. The lowest BCUT2D eigenvalue weighted by Gasteiger charge is -2.23. The largest absolute Gasteiger partial charge is 0.508 e. The number of rotatable bonds is 6. The number of hydrogen-bond donors (Lipinski definition) is 3. The van der Waals surface area contributed by atoms with Crippen LogP contribution < -0.4 is 10.0 Å². The zero-order valence-electron chi connectivity index (χ0n) is 18.0. The van der Waals surface area contributed by atoms with Crippen LogP contribution in [0.1, 0.15) is 21.5 Å². The number of phenolic OH excluding ortho intramolecular Hbond substituents is 2. The van der Waals surface area contributed by atoms with E-state index in [0.717, 1.165) is 17.2 Å². The van der Waals surface area contributed by atoms with E-state index < -0.39 is 15.9 Å². The quantitative estimate of drug-likeness (QED) is 0.370. The predicted molar refractivity (Wildman–Crippen MR) is 130 cm³/mol. The van der Waals surface area contributed by atoms with Crippen molar-refractivity contribution < 1.29 is 23.4 Å². The molecule has 0 aliphatic rings. The molecular formula is C24H21N3O5S2. The Kier molecular flexibility index (Phi) is 6.38. The number of pyridine rings is 1. The molecule has 2 aromatic carbocycles. The molecule has 174 valence electrons. The van der Waals surface area contributed by atoms with Crippen molar-refractivity contribution in [1.29, 1.82) is 0 Å². The number of aromatic nitrogens is 1. The van der Waals surface area contributed by atoms with E-state index in [-0.39, 0.29) is 28.6 Å². The number of primary sulfonamides is 1. The number of nitrogens with zero attached hydrogens (tertiary/aromatic N) is 2. The number of phenols is 2. The third-order valence-electron chi connectivity index (χ3n) is 5.19. The van der Waals surface area contributed by atoms with Crippen molar-refractivity contribution in [3.05, 3.63) is 88.1 Å². The van der Waals surface area contributed by atoms with E-state index in [2.05, 4.69) is 4.98 Å². The number of carbonyl (C=O) groups excluding carboxylic acids is 1. The van der Waals surface area contributed by atoms with E-state index in [1.807, 2.05) is 23.8 Å². The van der Waals surface area contributed by atoms with E-state index in [1.165, 1.54) is 34.4 Å². The van der Waals surface area contributed by atoms with Crippen LogP contribution in [0.25, 0.3) is 11.3 Å². The smallest absolute Gasteiger partial charge is 0.262 e. The highest BCUT2D eigenvalue weighted by Crippen LogP contribution is 2.30. The molecule has 10 heteroatoms. The number of benzene rings is 2. The summed E-state index contributed by atoms with van der Waals surface area (Å²) in [5, 5.41) is 28.6. The SMILES string of the molecule is Cc1ccc(S(N)(=O)=O)nc1-c1ccc(N(Cc2ccsc2)C(=O)c2ccc(O)cc2O)cc1. The molecule has 0 unspecified atom stereocenters. The summed E-state index contributed by atoms with van der Waals surface area (Å²) in [4.78, 5) is 19.1. The van der Waals surface area contributed by atoms with Crippen LogP contribution in [0.4, 0.5) is 5.69 Å². The number of aromatic hydroxyl groups is 2. The summed E-state index contributed by atoms with van der Waals surface area (Å²) in [6.45, 7) is 2.07. The Labute approximate surface area is 200 Å². The Morgan fingerprint density at radius 2 is 1.79 bits per heavy atom. The van der Waals surface area contributed by atoms with Gasteiger partial charge in [0.25, 0.3) is 15.9 Å². The van der Waals surface area contributed by atoms with Gasteiger partial charge in [-0.1, -0.05) is 18.2 Å². The average Bonchev–Trinajstić information content (AvgIpc) is 3.30. The van der Waals surface area contributed by atoms with Crippen LogP contribution in [0, 0.1) is 6.92 Å². The van der Waals surface area contributed by atoms with E-state index in [1.54, 1.807) is 30.3 Å². The first-order valence-electron chi connectivity index (χ1n) is 10.1. The molecule has 0 aliphatic carbocycles. The molecule has 0 aliphatic heterocycles. The van der Waals surface area contributed by atoms with Crippen LogP contribution in [0.5, 0.6) is 11.5 Å². The molecule has 0 saturated heterocycles. The van der Waals surface area contributed by atoms with Gasteiger partial charge in [-0.3, -0.25) is 4.79 Å². The van der Waals surface area contributed by atoms with Gasteiger partial charge < -0.3 is 15.1 Å². The van der Waals surface area contributed by atoms with Gasteiger partial charge in [0.05, 0.1) is 17.8 Å². The lowest BCUT2D eigenvalue weighted by molar-refractivity contribution is 0.0982. The van der Waals surface area contributed by atoms with Crippen molar-refractivity contribution in [3.63, 3.8) is 0 Å². The van der Waals surface area contributed by atoms with Crippen LogP contribution in [-0.2, 0) is 16.6 Å². The first kappa shape index (κ1) is 23.4. The Morgan fingerprint density at radius 1 is 1.06 bits per heavy atom. The molecule has 4 N–H and O–H groups in total. The molecule has 0 saturated carbocycles. The highest BCUT2D eigenvalue weighted by molar-refractivity contribution is 7.89. The van der Waals surface area contributed by atoms with E-state index in [4.69, 9.17) is 5.14 Å². The van der Waals surface area contributed by atoms with Gasteiger partial charge in [-0.25, -0.2) is 18.5 Å². The fraction of sp³-hybridized carbons (Fsp3) is 0.0833. The van der Waals surface area contributed by atoms with Crippen molar-refractivity contribution >= 4 is 33.0 Å². The van der Waals surface area contributed by atoms with Gasteiger partial charge >= 0.3 is 0 Å². The molecule has 8 nitrogen and oxygen atoms in total. The molecule has 0 bridgehead atoms. The third kappa shape index (κ3) is 4.93. The van der Waals surface area contributed by atoms with Gasteiger partial charge in [0, 0.05) is 17.3 Å². The molecule has 0 spiro atoms. The fourth-order valence-corrected chi connectivity index (χ4v) is 4.59. The minimum atomic E-state index is -3.95. The zero-order chi connectivity index (χ0) is 24.5. The van der Waals surface area contributed by atoms with E-state index >= 15 is 0 Å². The molecule has 4 rings (SSSR count). The Balaban J connectivity index is 1.73. The van der Waals surface area contributed by atoms with Gasteiger partial charge in [0.15, 0.2) is 5.03 Å².